The minimum absolute atomic E-state index is 0.119. The zero-order valence-corrected chi connectivity index (χ0v) is 16.4. The predicted molar refractivity (Wildman–Crippen MR) is 105 cm³/mol. The molecule has 0 aromatic rings. The minimum Gasteiger partial charge on any atom is -0.481 e. The topological polar surface area (TPSA) is 80.4 Å². The standard InChI is InChI=1S/C21H41NO3/c1-2-3-4-5-6-7-8-9-12-15-19(21(24)25)16-13-10-11-14-17-20(23)18-22/h19H,2-18,22H2,1H3,(H,24,25). The van der Waals surface area contributed by atoms with E-state index in [1.54, 1.807) is 0 Å². The Kier molecular flexibility index (Phi) is 17.3. The van der Waals surface area contributed by atoms with Crippen molar-refractivity contribution in [2.24, 2.45) is 11.7 Å². The van der Waals surface area contributed by atoms with Gasteiger partial charge in [0.15, 0.2) is 0 Å². The summed E-state index contributed by atoms with van der Waals surface area (Å²) in [7, 11) is 0. The lowest BCUT2D eigenvalue weighted by molar-refractivity contribution is -0.142. The largest absolute Gasteiger partial charge is 0.481 e. The molecular weight excluding hydrogens is 314 g/mol. The van der Waals surface area contributed by atoms with Gasteiger partial charge in [0.05, 0.1) is 12.5 Å². The van der Waals surface area contributed by atoms with Gasteiger partial charge in [-0.25, -0.2) is 0 Å². The highest BCUT2D eigenvalue weighted by atomic mass is 16.4. The molecule has 148 valence electrons. The van der Waals surface area contributed by atoms with Crippen LogP contribution in [0.15, 0.2) is 0 Å². The first-order valence-electron chi connectivity index (χ1n) is 10.6. The molecule has 0 aliphatic carbocycles. The summed E-state index contributed by atoms with van der Waals surface area (Å²) in [5.74, 6) is -0.707. The third-order valence-corrected chi connectivity index (χ3v) is 4.99. The van der Waals surface area contributed by atoms with Crippen LogP contribution in [0.1, 0.15) is 110 Å². The first-order chi connectivity index (χ1) is 12.1. The summed E-state index contributed by atoms with van der Waals surface area (Å²) in [5.41, 5.74) is 5.28. The lowest BCUT2D eigenvalue weighted by Crippen LogP contribution is -2.14. The third kappa shape index (κ3) is 16.3. The molecule has 1 atom stereocenters. The average Bonchev–Trinajstić information content (AvgIpc) is 2.60. The van der Waals surface area contributed by atoms with E-state index in [4.69, 9.17) is 5.73 Å². The van der Waals surface area contributed by atoms with Crippen LogP contribution < -0.4 is 5.73 Å². The highest BCUT2D eigenvalue weighted by Gasteiger charge is 2.16. The number of nitrogens with two attached hydrogens (primary N) is 1. The van der Waals surface area contributed by atoms with Gasteiger partial charge in [-0.2, -0.15) is 0 Å². The molecule has 3 N–H and O–H groups in total. The zero-order valence-electron chi connectivity index (χ0n) is 16.4. The number of carbonyl (C=O) groups is 2. The molecule has 0 aliphatic heterocycles. The second kappa shape index (κ2) is 17.9. The second-order valence-corrected chi connectivity index (χ2v) is 7.35. The number of Topliss-reactive ketones (excluding diaryl/α,β-unsaturated/α-hetero) is 1. The van der Waals surface area contributed by atoms with E-state index in [0.717, 1.165) is 44.9 Å². The third-order valence-electron chi connectivity index (χ3n) is 4.99. The molecule has 0 amide bonds. The fourth-order valence-electron chi connectivity index (χ4n) is 3.26. The maximum Gasteiger partial charge on any atom is 0.306 e. The lowest BCUT2D eigenvalue weighted by atomic mass is 9.94. The van der Waals surface area contributed by atoms with Gasteiger partial charge in [-0.1, -0.05) is 84.0 Å². The Balaban J connectivity index is 3.55. The van der Waals surface area contributed by atoms with E-state index in [1.807, 2.05) is 0 Å². The molecule has 4 nitrogen and oxygen atoms in total. The van der Waals surface area contributed by atoms with Gasteiger partial charge in [0.1, 0.15) is 5.78 Å². The van der Waals surface area contributed by atoms with Crippen LogP contribution >= 0.6 is 0 Å². The van der Waals surface area contributed by atoms with Crippen LogP contribution in [0.2, 0.25) is 0 Å². The van der Waals surface area contributed by atoms with Gasteiger partial charge in [0.25, 0.3) is 0 Å². The van der Waals surface area contributed by atoms with E-state index < -0.39 is 5.97 Å². The van der Waals surface area contributed by atoms with Crippen LogP contribution in [0, 0.1) is 5.92 Å². The summed E-state index contributed by atoms with van der Waals surface area (Å²) >= 11 is 0. The number of ketones is 1. The Morgan fingerprint density at radius 3 is 1.64 bits per heavy atom. The molecule has 0 aromatic heterocycles. The number of carboxylic acids is 1. The molecule has 25 heavy (non-hydrogen) atoms. The first kappa shape index (κ1) is 24.1. The average molecular weight is 356 g/mol. The smallest absolute Gasteiger partial charge is 0.306 e. The number of hydrogen-bond acceptors (Lipinski definition) is 3. The Hall–Kier alpha value is -0.900. The Labute approximate surface area is 154 Å². The van der Waals surface area contributed by atoms with E-state index in [0.29, 0.717) is 6.42 Å². The van der Waals surface area contributed by atoms with Crippen molar-refractivity contribution in [3.8, 4) is 0 Å². The number of rotatable bonds is 19. The van der Waals surface area contributed by atoms with E-state index in [2.05, 4.69) is 6.92 Å². The molecule has 0 saturated heterocycles. The molecule has 0 rings (SSSR count). The first-order valence-corrected chi connectivity index (χ1v) is 10.6. The second-order valence-electron chi connectivity index (χ2n) is 7.35. The number of carbonyl (C=O) groups excluding carboxylic acids is 1. The number of carboxylic acid groups (broad SMARTS) is 1. The Morgan fingerprint density at radius 1 is 0.760 bits per heavy atom. The molecule has 0 bridgehead atoms. The molecular formula is C21H41NO3. The number of aliphatic carboxylic acids is 1. The quantitative estimate of drug-likeness (QED) is 0.301. The van der Waals surface area contributed by atoms with Crippen molar-refractivity contribution in [2.75, 3.05) is 6.54 Å². The van der Waals surface area contributed by atoms with Gasteiger partial charge in [-0.3, -0.25) is 9.59 Å². The van der Waals surface area contributed by atoms with Gasteiger partial charge < -0.3 is 10.8 Å². The minimum atomic E-state index is -0.641. The molecule has 0 heterocycles. The van der Waals surface area contributed by atoms with Crippen LogP contribution in [0.4, 0.5) is 0 Å². The van der Waals surface area contributed by atoms with E-state index in [9.17, 15) is 14.7 Å². The summed E-state index contributed by atoms with van der Waals surface area (Å²) in [6, 6.07) is 0. The van der Waals surface area contributed by atoms with Gasteiger partial charge in [-0.15, -0.1) is 0 Å². The molecule has 0 radical (unpaired) electrons. The molecule has 0 saturated carbocycles. The Morgan fingerprint density at radius 2 is 1.20 bits per heavy atom. The monoisotopic (exact) mass is 355 g/mol. The molecule has 0 aliphatic rings. The van der Waals surface area contributed by atoms with Crippen molar-refractivity contribution in [1.29, 1.82) is 0 Å². The summed E-state index contributed by atoms with van der Waals surface area (Å²) in [4.78, 5) is 22.5. The highest BCUT2D eigenvalue weighted by Crippen LogP contribution is 2.19. The number of hydrogen-bond donors (Lipinski definition) is 2. The van der Waals surface area contributed by atoms with Crippen molar-refractivity contribution in [1.82, 2.24) is 0 Å². The van der Waals surface area contributed by atoms with Crippen LogP contribution in [0.5, 0.6) is 0 Å². The van der Waals surface area contributed by atoms with Crippen molar-refractivity contribution in [3.05, 3.63) is 0 Å². The summed E-state index contributed by atoms with van der Waals surface area (Å²) < 4.78 is 0. The molecule has 0 spiro atoms. The van der Waals surface area contributed by atoms with Crippen molar-refractivity contribution >= 4 is 11.8 Å². The SMILES string of the molecule is CCCCCCCCCCCC(CCCCCCC(=O)CN)C(=O)O. The van der Waals surface area contributed by atoms with Crippen molar-refractivity contribution < 1.29 is 14.7 Å². The summed E-state index contributed by atoms with van der Waals surface area (Å²) in [6.07, 6.45) is 17.4. The van der Waals surface area contributed by atoms with E-state index in [-0.39, 0.29) is 18.2 Å². The van der Waals surface area contributed by atoms with Gasteiger partial charge >= 0.3 is 5.97 Å². The highest BCUT2D eigenvalue weighted by molar-refractivity contribution is 5.80. The van der Waals surface area contributed by atoms with Gasteiger partial charge in [-0.05, 0) is 19.3 Å². The maximum absolute atomic E-state index is 11.4. The van der Waals surface area contributed by atoms with E-state index in [1.165, 1.54) is 51.4 Å². The lowest BCUT2D eigenvalue weighted by Gasteiger charge is -2.12. The summed E-state index contributed by atoms with van der Waals surface area (Å²) in [5, 5.41) is 9.35. The van der Waals surface area contributed by atoms with Crippen LogP contribution in [0.25, 0.3) is 0 Å². The van der Waals surface area contributed by atoms with Crippen LogP contribution in [-0.4, -0.2) is 23.4 Å². The van der Waals surface area contributed by atoms with E-state index >= 15 is 0 Å². The number of unbranched alkanes of at least 4 members (excludes halogenated alkanes) is 11. The fourth-order valence-corrected chi connectivity index (χ4v) is 3.26. The van der Waals surface area contributed by atoms with Crippen molar-refractivity contribution in [3.63, 3.8) is 0 Å². The fraction of sp³-hybridized carbons (Fsp3) is 0.905. The van der Waals surface area contributed by atoms with Crippen molar-refractivity contribution in [2.45, 2.75) is 110 Å². The zero-order chi connectivity index (χ0) is 18.8. The maximum atomic E-state index is 11.4. The predicted octanol–water partition coefficient (Wildman–Crippen LogP) is 5.48. The molecule has 1 unspecified atom stereocenters. The van der Waals surface area contributed by atoms with Crippen LogP contribution in [-0.2, 0) is 9.59 Å². The molecule has 0 fully saturated rings. The molecule has 0 aromatic carbocycles. The normalized spacial score (nSPS) is 12.2. The Bertz CT molecular complexity index is 331. The van der Waals surface area contributed by atoms with Gasteiger partial charge in [0, 0.05) is 6.42 Å². The molecule has 4 heteroatoms. The van der Waals surface area contributed by atoms with Gasteiger partial charge in [0.2, 0.25) is 0 Å². The summed E-state index contributed by atoms with van der Waals surface area (Å²) in [6.45, 7) is 2.38. The van der Waals surface area contributed by atoms with Crippen LogP contribution in [0.3, 0.4) is 0 Å².